The molecule has 0 aliphatic rings. The average Bonchev–Trinajstić information content (AvgIpc) is 2.80. The number of ether oxygens (including phenoxy) is 2. The summed E-state index contributed by atoms with van der Waals surface area (Å²) in [5.41, 5.74) is -0.570. The predicted octanol–water partition coefficient (Wildman–Crippen LogP) is 2.42. The summed E-state index contributed by atoms with van der Waals surface area (Å²) in [6.45, 7) is 1.09. The van der Waals surface area contributed by atoms with Crippen LogP contribution in [0.15, 0.2) is 60.9 Å². The lowest BCUT2D eigenvalue weighted by molar-refractivity contribution is 0.0636. The van der Waals surface area contributed by atoms with Crippen LogP contribution in [0.25, 0.3) is 21.9 Å². The zero-order valence-corrected chi connectivity index (χ0v) is 18.1. The summed E-state index contributed by atoms with van der Waals surface area (Å²) in [6, 6.07) is 9.10. The number of fused-ring (bicyclic) bond motifs is 2. The molecule has 4 rings (SSSR count). The lowest BCUT2D eigenvalue weighted by atomic mass is 10.1. The van der Waals surface area contributed by atoms with Gasteiger partial charge < -0.3 is 33.6 Å². The molecule has 2 aromatic heterocycles. The van der Waals surface area contributed by atoms with Gasteiger partial charge in [-0.1, -0.05) is 6.07 Å². The molecule has 0 spiro atoms. The molecule has 4 aromatic rings. The van der Waals surface area contributed by atoms with Crippen molar-refractivity contribution in [3.05, 3.63) is 80.0 Å². The van der Waals surface area contributed by atoms with Crippen molar-refractivity contribution in [3.8, 4) is 11.5 Å². The monoisotopic (exact) mass is 482 g/mol. The molecule has 1 unspecified atom stereocenters. The molecule has 0 aliphatic heterocycles. The molecule has 0 bridgehead atoms. The van der Waals surface area contributed by atoms with Gasteiger partial charge in [-0.3, -0.25) is 9.59 Å². The summed E-state index contributed by atoms with van der Waals surface area (Å²) in [6.07, 6.45) is -1.20. The zero-order valence-electron chi connectivity index (χ0n) is 18.1. The van der Waals surface area contributed by atoms with Crippen molar-refractivity contribution in [2.45, 2.75) is 13.0 Å². The molecule has 35 heavy (non-hydrogen) atoms. The van der Waals surface area contributed by atoms with Gasteiger partial charge in [0.15, 0.2) is 10.9 Å². The van der Waals surface area contributed by atoms with Gasteiger partial charge in [0.05, 0.1) is 0 Å². The Morgan fingerprint density at radius 1 is 0.829 bits per heavy atom. The minimum absolute atomic E-state index is 0.0109. The Morgan fingerprint density at radius 3 is 1.97 bits per heavy atom. The minimum Gasteiger partial charge on any atom is -0.490 e. The Hall–Kier alpha value is -4.64. The standard InChI is InChI=1S/C24H18O11/c1-11-5-17(22-14(27)8-20(24(30)31)35-18(22)6-11)33-10-12(25)9-32-15-3-2-4-16-21(15)13(26)7-19(34-16)23(28)29/h2-8,12,25H,9-10H2,1H3,(H,28,29)(H,30,31). The number of hydrogen-bond donors (Lipinski definition) is 3. The van der Waals surface area contributed by atoms with E-state index >= 15 is 0 Å². The van der Waals surface area contributed by atoms with E-state index in [2.05, 4.69) is 0 Å². The second-order valence-corrected chi connectivity index (χ2v) is 7.60. The molecule has 0 aliphatic carbocycles. The molecule has 2 heterocycles. The van der Waals surface area contributed by atoms with E-state index in [9.17, 15) is 24.3 Å². The third-order valence-corrected chi connectivity index (χ3v) is 4.94. The van der Waals surface area contributed by atoms with E-state index in [0.717, 1.165) is 12.1 Å². The maximum Gasteiger partial charge on any atom is 0.371 e. The van der Waals surface area contributed by atoms with Crippen LogP contribution >= 0.6 is 0 Å². The summed E-state index contributed by atoms with van der Waals surface area (Å²) >= 11 is 0. The molecule has 0 radical (unpaired) electrons. The summed E-state index contributed by atoms with van der Waals surface area (Å²) in [5, 5.41) is 28.5. The van der Waals surface area contributed by atoms with Crippen LogP contribution in [0.1, 0.15) is 26.7 Å². The number of aliphatic hydroxyl groups is 1. The fourth-order valence-corrected chi connectivity index (χ4v) is 3.43. The van der Waals surface area contributed by atoms with Gasteiger partial charge in [-0.2, -0.15) is 0 Å². The first-order valence-electron chi connectivity index (χ1n) is 10.2. The molecule has 0 saturated carbocycles. The van der Waals surface area contributed by atoms with Gasteiger partial charge in [-0.25, -0.2) is 9.59 Å². The number of aliphatic hydroxyl groups excluding tert-OH is 1. The maximum absolute atomic E-state index is 12.4. The molecule has 11 heteroatoms. The normalized spacial score (nSPS) is 11.9. The highest BCUT2D eigenvalue weighted by atomic mass is 16.5. The van der Waals surface area contributed by atoms with E-state index < -0.39 is 40.4 Å². The number of carbonyl (C=O) groups is 2. The predicted molar refractivity (Wildman–Crippen MR) is 121 cm³/mol. The molecule has 2 aromatic carbocycles. The van der Waals surface area contributed by atoms with Gasteiger partial charge in [-0.05, 0) is 36.8 Å². The van der Waals surface area contributed by atoms with Gasteiger partial charge in [0.1, 0.15) is 52.8 Å². The molecule has 0 fully saturated rings. The zero-order chi connectivity index (χ0) is 25.3. The van der Waals surface area contributed by atoms with Crippen molar-refractivity contribution >= 4 is 33.9 Å². The topological polar surface area (TPSA) is 174 Å². The van der Waals surface area contributed by atoms with E-state index in [-0.39, 0.29) is 46.7 Å². The van der Waals surface area contributed by atoms with Crippen LogP contribution in [0, 0.1) is 6.92 Å². The third kappa shape index (κ3) is 4.84. The summed E-state index contributed by atoms with van der Waals surface area (Å²) in [4.78, 5) is 47.1. The van der Waals surface area contributed by atoms with E-state index in [1.54, 1.807) is 13.0 Å². The number of carboxylic acid groups (broad SMARTS) is 2. The highest BCUT2D eigenvalue weighted by Crippen LogP contribution is 2.27. The van der Waals surface area contributed by atoms with E-state index in [1.165, 1.54) is 24.3 Å². The van der Waals surface area contributed by atoms with Gasteiger partial charge >= 0.3 is 11.9 Å². The Bertz CT molecular complexity index is 1580. The largest absolute Gasteiger partial charge is 0.490 e. The van der Waals surface area contributed by atoms with Gasteiger partial charge in [0.2, 0.25) is 11.5 Å². The van der Waals surface area contributed by atoms with Gasteiger partial charge in [0.25, 0.3) is 0 Å². The van der Waals surface area contributed by atoms with Crippen molar-refractivity contribution < 1.29 is 43.2 Å². The van der Waals surface area contributed by atoms with Gasteiger partial charge in [-0.15, -0.1) is 0 Å². The number of carboxylic acids is 2. The molecular weight excluding hydrogens is 464 g/mol. The van der Waals surface area contributed by atoms with Crippen LogP contribution in [0.2, 0.25) is 0 Å². The fourth-order valence-electron chi connectivity index (χ4n) is 3.43. The number of rotatable bonds is 8. The fraction of sp³-hybridized carbons (Fsp3) is 0.167. The Kier molecular flexibility index (Phi) is 6.26. The second-order valence-electron chi connectivity index (χ2n) is 7.60. The average molecular weight is 482 g/mol. The Morgan fingerprint density at radius 2 is 1.37 bits per heavy atom. The number of benzene rings is 2. The number of aromatic carboxylic acids is 2. The summed E-state index contributed by atoms with van der Waals surface area (Å²) < 4.78 is 21.6. The van der Waals surface area contributed by atoms with Crippen LogP contribution in [-0.2, 0) is 0 Å². The van der Waals surface area contributed by atoms with Crippen LogP contribution in [0.4, 0.5) is 0 Å². The third-order valence-electron chi connectivity index (χ3n) is 4.94. The van der Waals surface area contributed by atoms with Crippen LogP contribution in [0.5, 0.6) is 11.5 Å². The first-order valence-corrected chi connectivity index (χ1v) is 10.2. The molecular formula is C24H18O11. The molecule has 11 nitrogen and oxygen atoms in total. The lowest BCUT2D eigenvalue weighted by Crippen LogP contribution is -2.25. The molecule has 1 atom stereocenters. The molecule has 0 saturated heterocycles. The number of hydrogen-bond acceptors (Lipinski definition) is 9. The summed E-state index contributed by atoms with van der Waals surface area (Å²) in [5.74, 6) is -3.63. The number of aryl methyl sites for hydroxylation is 1. The van der Waals surface area contributed by atoms with Crippen LogP contribution < -0.4 is 20.3 Å². The Balaban J connectivity index is 1.52. The molecule has 180 valence electrons. The summed E-state index contributed by atoms with van der Waals surface area (Å²) in [7, 11) is 0. The Labute approximate surface area is 195 Å². The quantitative estimate of drug-likeness (QED) is 0.336. The van der Waals surface area contributed by atoms with Crippen molar-refractivity contribution in [1.82, 2.24) is 0 Å². The maximum atomic E-state index is 12.4. The highest BCUT2D eigenvalue weighted by molar-refractivity contribution is 5.90. The first-order chi connectivity index (χ1) is 16.6. The SMILES string of the molecule is Cc1cc(OCC(O)COc2cccc3oc(C(=O)O)cc(=O)c23)c2c(=O)cc(C(=O)O)oc2c1. The van der Waals surface area contributed by atoms with E-state index in [4.69, 9.17) is 28.5 Å². The van der Waals surface area contributed by atoms with Crippen LogP contribution in [-0.4, -0.2) is 46.6 Å². The molecule has 0 amide bonds. The van der Waals surface area contributed by atoms with E-state index in [1.807, 2.05) is 0 Å². The first kappa shape index (κ1) is 23.5. The smallest absolute Gasteiger partial charge is 0.371 e. The van der Waals surface area contributed by atoms with Crippen molar-refractivity contribution in [2.75, 3.05) is 13.2 Å². The van der Waals surface area contributed by atoms with Crippen LogP contribution in [0.3, 0.4) is 0 Å². The van der Waals surface area contributed by atoms with Crippen molar-refractivity contribution in [2.24, 2.45) is 0 Å². The molecule has 3 N–H and O–H groups in total. The highest BCUT2D eigenvalue weighted by Gasteiger charge is 2.18. The van der Waals surface area contributed by atoms with E-state index in [0.29, 0.717) is 5.56 Å². The minimum atomic E-state index is -1.39. The van der Waals surface area contributed by atoms with Crippen molar-refractivity contribution in [1.29, 1.82) is 0 Å². The van der Waals surface area contributed by atoms with Gasteiger partial charge in [0, 0.05) is 12.1 Å². The van der Waals surface area contributed by atoms with Crippen molar-refractivity contribution in [3.63, 3.8) is 0 Å². The lowest BCUT2D eigenvalue weighted by Gasteiger charge is -2.15. The second kappa shape index (κ2) is 9.31.